The molecule has 0 spiro atoms. The van der Waals surface area contributed by atoms with Crippen LogP contribution >= 0.6 is 0 Å². The van der Waals surface area contributed by atoms with Crippen molar-refractivity contribution in [3.63, 3.8) is 0 Å². The maximum absolute atomic E-state index is 12.5. The number of nitrogens with one attached hydrogen (secondary N) is 3. The summed E-state index contributed by atoms with van der Waals surface area (Å²) in [7, 11) is 1.50. The number of hydrogen-bond donors (Lipinski definition) is 3. The standard InChI is InChI=1S/C25H28N4O6/c1-16(30)27-17-5-8-19(9-6-17)34-12-11-25(2,3)29-24(32)23(31)28-18-7-10-20(21(13-18)33-4)22-14-26-15-35-22/h5-10,13-15H,11-12H2,1-4H3,(H,27,30)(H,28,31)(H,29,32). The van der Waals surface area contributed by atoms with Gasteiger partial charge in [0.1, 0.15) is 11.5 Å². The summed E-state index contributed by atoms with van der Waals surface area (Å²) >= 11 is 0. The first kappa shape index (κ1) is 25.3. The molecule has 0 saturated heterocycles. The number of rotatable bonds is 9. The van der Waals surface area contributed by atoms with Gasteiger partial charge in [0.15, 0.2) is 12.2 Å². The van der Waals surface area contributed by atoms with E-state index in [1.54, 1.807) is 62.5 Å². The van der Waals surface area contributed by atoms with Crippen LogP contribution in [0.25, 0.3) is 11.3 Å². The average Bonchev–Trinajstić information content (AvgIpc) is 3.34. The summed E-state index contributed by atoms with van der Waals surface area (Å²) in [6.07, 6.45) is 3.32. The van der Waals surface area contributed by atoms with Crippen LogP contribution in [-0.2, 0) is 14.4 Å². The number of ether oxygens (including phenoxy) is 2. The summed E-state index contributed by atoms with van der Waals surface area (Å²) in [6.45, 7) is 5.36. The Kier molecular flexibility index (Phi) is 8.08. The monoisotopic (exact) mass is 480 g/mol. The molecule has 0 atom stereocenters. The van der Waals surface area contributed by atoms with Gasteiger partial charge in [-0.15, -0.1) is 0 Å². The topological polar surface area (TPSA) is 132 Å². The lowest BCUT2D eigenvalue weighted by Gasteiger charge is -2.26. The molecule has 0 aliphatic rings. The van der Waals surface area contributed by atoms with E-state index in [2.05, 4.69) is 20.9 Å². The smallest absolute Gasteiger partial charge is 0.313 e. The lowest BCUT2D eigenvalue weighted by molar-refractivity contribution is -0.137. The highest BCUT2D eigenvalue weighted by atomic mass is 16.5. The Labute approximate surface area is 203 Å². The first-order chi connectivity index (χ1) is 16.7. The number of benzene rings is 2. The molecule has 0 unspecified atom stereocenters. The van der Waals surface area contributed by atoms with Gasteiger partial charge in [-0.1, -0.05) is 0 Å². The number of nitrogens with zero attached hydrogens (tertiary/aromatic N) is 1. The van der Waals surface area contributed by atoms with Crippen molar-refractivity contribution in [2.24, 2.45) is 0 Å². The molecule has 10 nitrogen and oxygen atoms in total. The minimum absolute atomic E-state index is 0.150. The molecule has 0 bridgehead atoms. The lowest BCUT2D eigenvalue weighted by atomic mass is 10.0. The molecule has 0 fully saturated rings. The van der Waals surface area contributed by atoms with Gasteiger partial charge in [0.05, 0.1) is 25.5 Å². The van der Waals surface area contributed by atoms with Gasteiger partial charge in [-0.3, -0.25) is 14.4 Å². The Morgan fingerprint density at radius 2 is 1.71 bits per heavy atom. The third-order valence-electron chi connectivity index (χ3n) is 4.99. The molecule has 184 valence electrons. The summed E-state index contributed by atoms with van der Waals surface area (Å²) in [4.78, 5) is 39.9. The summed E-state index contributed by atoms with van der Waals surface area (Å²) in [5.74, 6) is -0.118. The molecule has 10 heteroatoms. The van der Waals surface area contributed by atoms with E-state index in [1.165, 1.54) is 20.4 Å². The van der Waals surface area contributed by atoms with E-state index in [0.29, 0.717) is 47.2 Å². The number of carbonyl (C=O) groups excluding carboxylic acids is 3. The minimum atomic E-state index is -0.804. The molecule has 1 aromatic heterocycles. The van der Waals surface area contributed by atoms with Crippen LogP contribution in [0.15, 0.2) is 59.5 Å². The summed E-state index contributed by atoms with van der Waals surface area (Å²) in [5, 5.41) is 7.98. The molecule has 2 aromatic carbocycles. The number of hydrogen-bond acceptors (Lipinski definition) is 7. The lowest BCUT2D eigenvalue weighted by Crippen LogP contribution is -2.48. The zero-order valence-electron chi connectivity index (χ0n) is 20.0. The van der Waals surface area contributed by atoms with E-state index < -0.39 is 17.4 Å². The molecule has 3 N–H and O–H groups in total. The predicted molar refractivity (Wildman–Crippen MR) is 130 cm³/mol. The average molecular weight is 481 g/mol. The van der Waals surface area contributed by atoms with Crippen molar-refractivity contribution >= 4 is 29.1 Å². The molecule has 0 radical (unpaired) electrons. The first-order valence-electron chi connectivity index (χ1n) is 10.9. The SMILES string of the molecule is COc1cc(NC(=O)C(=O)NC(C)(C)CCOc2ccc(NC(C)=O)cc2)ccc1-c1cnco1. The number of aromatic nitrogens is 1. The molecule has 1 heterocycles. The van der Waals surface area contributed by atoms with E-state index in [1.807, 2.05) is 0 Å². The van der Waals surface area contributed by atoms with Crippen LogP contribution in [0.5, 0.6) is 11.5 Å². The molecular formula is C25H28N4O6. The van der Waals surface area contributed by atoms with Crippen molar-refractivity contribution in [2.75, 3.05) is 24.4 Å². The number of methoxy groups -OCH3 is 1. The zero-order chi connectivity index (χ0) is 25.4. The predicted octanol–water partition coefficient (Wildman–Crippen LogP) is 3.61. The molecule has 35 heavy (non-hydrogen) atoms. The van der Waals surface area contributed by atoms with Crippen molar-refractivity contribution in [1.29, 1.82) is 0 Å². The summed E-state index contributed by atoms with van der Waals surface area (Å²) in [6, 6.07) is 11.9. The van der Waals surface area contributed by atoms with Crippen LogP contribution in [0.3, 0.4) is 0 Å². The fourth-order valence-corrected chi connectivity index (χ4v) is 3.20. The van der Waals surface area contributed by atoms with Crippen LogP contribution in [0.2, 0.25) is 0 Å². The molecular weight excluding hydrogens is 452 g/mol. The van der Waals surface area contributed by atoms with Crippen molar-refractivity contribution < 1.29 is 28.3 Å². The number of oxazole rings is 1. The van der Waals surface area contributed by atoms with Crippen molar-refractivity contribution in [3.8, 4) is 22.8 Å². The van der Waals surface area contributed by atoms with E-state index in [0.717, 1.165) is 0 Å². The number of amides is 3. The van der Waals surface area contributed by atoms with E-state index in [4.69, 9.17) is 13.9 Å². The van der Waals surface area contributed by atoms with Gasteiger partial charge in [0.2, 0.25) is 5.91 Å². The second-order valence-corrected chi connectivity index (χ2v) is 8.38. The Balaban J connectivity index is 1.50. The Bertz CT molecular complexity index is 1170. The van der Waals surface area contributed by atoms with Gasteiger partial charge in [-0.25, -0.2) is 4.98 Å². The zero-order valence-corrected chi connectivity index (χ0v) is 20.0. The molecule has 0 saturated carbocycles. The highest BCUT2D eigenvalue weighted by molar-refractivity contribution is 6.39. The second kappa shape index (κ2) is 11.2. The van der Waals surface area contributed by atoms with Gasteiger partial charge < -0.3 is 29.8 Å². The van der Waals surface area contributed by atoms with Crippen molar-refractivity contribution in [2.45, 2.75) is 32.7 Å². The quantitative estimate of drug-likeness (QED) is 0.399. The summed E-state index contributed by atoms with van der Waals surface area (Å²) in [5.41, 5.74) is 1.04. The number of carbonyl (C=O) groups is 3. The third kappa shape index (κ3) is 7.32. The molecule has 3 amide bonds. The van der Waals surface area contributed by atoms with E-state index >= 15 is 0 Å². The van der Waals surface area contributed by atoms with Crippen LogP contribution in [0.1, 0.15) is 27.2 Å². The van der Waals surface area contributed by atoms with Crippen LogP contribution < -0.4 is 25.4 Å². The normalized spacial score (nSPS) is 10.9. The second-order valence-electron chi connectivity index (χ2n) is 8.38. The minimum Gasteiger partial charge on any atom is -0.496 e. The first-order valence-corrected chi connectivity index (χ1v) is 10.9. The van der Waals surface area contributed by atoms with E-state index in [9.17, 15) is 14.4 Å². The van der Waals surface area contributed by atoms with Crippen molar-refractivity contribution in [1.82, 2.24) is 10.3 Å². The fraction of sp³-hybridized carbons (Fsp3) is 0.280. The van der Waals surface area contributed by atoms with Crippen LogP contribution in [0.4, 0.5) is 11.4 Å². The van der Waals surface area contributed by atoms with Crippen LogP contribution in [-0.4, -0.2) is 42.0 Å². The molecule has 3 rings (SSSR count). The molecule has 0 aliphatic heterocycles. The maximum atomic E-state index is 12.5. The van der Waals surface area contributed by atoms with Gasteiger partial charge in [-0.05, 0) is 50.2 Å². The fourth-order valence-electron chi connectivity index (χ4n) is 3.20. The number of anilines is 2. The summed E-state index contributed by atoms with van der Waals surface area (Å²) < 4.78 is 16.4. The van der Waals surface area contributed by atoms with E-state index in [-0.39, 0.29) is 5.91 Å². The molecule has 3 aromatic rings. The van der Waals surface area contributed by atoms with Gasteiger partial charge in [-0.2, -0.15) is 0 Å². The van der Waals surface area contributed by atoms with Gasteiger partial charge in [0, 0.05) is 36.3 Å². The Morgan fingerprint density at radius 3 is 2.34 bits per heavy atom. The highest BCUT2D eigenvalue weighted by Gasteiger charge is 2.25. The Morgan fingerprint density at radius 1 is 1.00 bits per heavy atom. The largest absolute Gasteiger partial charge is 0.496 e. The molecule has 0 aliphatic carbocycles. The maximum Gasteiger partial charge on any atom is 0.313 e. The van der Waals surface area contributed by atoms with Crippen molar-refractivity contribution in [3.05, 3.63) is 55.1 Å². The highest BCUT2D eigenvalue weighted by Crippen LogP contribution is 2.32. The van der Waals surface area contributed by atoms with Gasteiger partial charge >= 0.3 is 11.8 Å². The Hall–Kier alpha value is -4.34. The van der Waals surface area contributed by atoms with Crippen LogP contribution in [0, 0.1) is 0 Å². The van der Waals surface area contributed by atoms with Gasteiger partial charge in [0.25, 0.3) is 0 Å². The third-order valence-corrected chi connectivity index (χ3v) is 4.99.